The first-order chi connectivity index (χ1) is 6.85. The van der Waals surface area contributed by atoms with Crippen LogP contribution in [0.15, 0.2) is 0 Å². The number of nitrogens with one attached hydrogen (secondary N) is 1. The third-order valence-corrected chi connectivity index (χ3v) is 3.61. The second-order valence-corrected chi connectivity index (χ2v) is 4.85. The number of piperidine rings is 2. The van der Waals surface area contributed by atoms with E-state index in [1.54, 1.807) is 7.11 Å². The molecule has 2 aliphatic heterocycles. The summed E-state index contributed by atoms with van der Waals surface area (Å²) < 4.78 is 5.22. The molecule has 0 aliphatic carbocycles. The van der Waals surface area contributed by atoms with E-state index in [0.29, 0.717) is 5.41 Å². The number of hydrogen-bond donors (Lipinski definition) is 1. The molecular weight excluding hydrogens is 175 g/mol. The molecule has 0 aromatic heterocycles. The summed E-state index contributed by atoms with van der Waals surface area (Å²) in [5, 5.41) is 3.54. The molecular formula is C10H21BN2O. The van der Waals surface area contributed by atoms with Gasteiger partial charge in [0.15, 0.2) is 0 Å². The van der Waals surface area contributed by atoms with Gasteiger partial charge in [-0.3, -0.25) is 0 Å². The van der Waals surface area contributed by atoms with E-state index in [2.05, 4.69) is 10.1 Å². The normalized spacial score (nSPS) is 34.6. The molecule has 0 aromatic carbocycles. The first-order valence-corrected chi connectivity index (χ1v) is 5.77. The Kier molecular flexibility index (Phi) is 3.47. The van der Waals surface area contributed by atoms with Crippen LogP contribution in [0.3, 0.4) is 0 Å². The van der Waals surface area contributed by atoms with Crippen molar-refractivity contribution in [1.29, 1.82) is 0 Å². The van der Waals surface area contributed by atoms with Crippen LogP contribution >= 0.6 is 0 Å². The first kappa shape index (κ1) is 10.5. The molecule has 2 saturated heterocycles. The van der Waals surface area contributed by atoms with Crippen LogP contribution in [-0.2, 0) is 4.65 Å². The number of rotatable bonds is 2. The van der Waals surface area contributed by atoms with Crippen molar-refractivity contribution < 1.29 is 4.65 Å². The third kappa shape index (κ3) is 2.30. The lowest BCUT2D eigenvalue weighted by Gasteiger charge is -2.45. The molecule has 2 heterocycles. The molecule has 2 rings (SSSR count). The van der Waals surface area contributed by atoms with Gasteiger partial charge in [0, 0.05) is 13.7 Å². The van der Waals surface area contributed by atoms with Crippen molar-refractivity contribution in [3.05, 3.63) is 0 Å². The molecule has 80 valence electrons. The molecule has 3 nitrogen and oxygen atoms in total. The largest absolute Gasteiger partial charge is 0.427 e. The summed E-state index contributed by atoms with van der Waals surface area (Å²) in [7, 11) is 2.60. The lowest BCUT2D eigenvalue weighted by atomic mass is 9.73. The Hall–Kier alpha value is -0.0551. The van der Waals surface area contributed by atoms with Gasteiger partial charge in [0.25, 0.3) is 0 Å². The minimum Gasteiger partial charge on any atom is -0.427 e. The smallest absolute Gasteiger partial charge is 0.363 e. The van der Waals surface area contributed by atoms with Gasteiger partial charge in [0.05, 0.1) is 0 Å². The second-order valence-electron chi connectivity index (χ2n) is 4.85. The van der Waals surface area contributed by atoms with Gasteiger partial charge < -0.3 is 14.8 Å². The average molecular weight is 196 g/mol. The van der Waals surface area contributed by atoms with E-state index < -0.39 is 0 Å². The highest BCUT2D eigenvalue weighted by Crippen LogP contribution is 2.35. The zero-order valence-corrected chi connectivity index (χ0v) is 9.22. The van der Waals surface area contributed by atoms with Crippen molar-refractivity contribution >= 4 is 7.62 Å². The van der Waals surface area contributed by atoms with Gasteiger partial charge >= 0.3 is 7.62 Å². The van der Waals surface area contributed by atoms with Crippen molar-refractivity contribution in [3.63, 3.8) is 0 Å². The zero-order chi connectivity index (χ0) is 9.86. The van der Waals surface area contributed by atoms with E-state index in [4.69, 9.17) is 4.65 Å². The Bertz CT molecular complexity index is 175. The summed E-state index contributed by atoms with van der Waals surface area (Å²) in [6, 6.07) is 0. The predicted molar refractivity (Wildman–Crippen MR) is 59.5 cm³/mol. The van der Waals surface area contributed by atoms with Crippen LogP contribution in [0.25, 0.3) is 0 Å². The SMILES string of the molecule is COBN1CCCC2(CCCNC2)C1. The Morgan fingerprint density at radius 1 is 1.36 bits per heavy atom. The van der Waals surface area contributed by atoms with Crippen LogP contribution in [0.5, 0.6) is 0 Å². The molecule has 1 atom stereocenters. The molecule has 0 bridgehead atoms. The summed E-state index contributed by atoms with van der Waals surface area (Å²) >= 11 is 0. The fourth-order valence-electron chi connectivity index (χ4n) is 2.98. The highest BCUT2D eigenvalue weighted by atomic mass is 16.4. The van der Waals surface area contributed by atoms with Gasteiger partial charge in [0.1, 0.15) is 0 Å². The maximum atomic E-state index is 5.22. The second kappa shape index (κ2) is 4.64. The van der Waals surface area contributed by atoms with Gasteiger partial charge in [-0.1, -0.05) is 0 Å². The van der Waals surface area contributed by atoms with Gasteiger partial charge in [-0.15, -0.1) is 0 Å². The minimum atomic E-state index is 0.565. The average Bonchev–Trinajstić information content (AvgIpc) is 2.19. The molecule has 1 unspecified atom stereocenters. The lowest BCUT2D eigenvalue weighted by molar-refractivity contribution is 0.102. The Balaban J connectivity index is 1.91. The number of nitrogens with zero attached hydrogens (tertiary/aromatic N) is 1. The zero-order valence-electron chi connectivity index (χ0n) is 9.22. The minimum absolute atomic E-state index is 0.565. The third-order valence-electron chi connectivity index (χ3n) is 3.61. The van der Waals surface area contributed by atoms with Gasteiger partial charge in [-0.25, -0.2) is 0 Å². The quantitative estimate of drug-likeness (QED) is 0.645. The number of hydrogen-bond acceptors (Lipinski definition) is 3. The highest BCUT2D eigenvalue weighted by molar-refractivity contribution is 6.23. The molecule has 2 fully saturated rings. The Morgan fingerprint density at radius 2 is 2.21 bits per heavy atom. The van der Waals surface area contributed by atoms with Crippen LogP contribution in [0.4, 0.5) is 0 Å². The van der Waals surface area contributed by atoms with Crippen LogP contribution in [0.2, 0.25) is 0 Å². The van der Waals surface area contributed by atoms with E-state index in [0.717, 1.165) is 7.62 Å². The molecule has 2 aliphatic rings. The molecule has 0 saturated carbocycles. The van der Waals surface area contributed by atoms with Gasteiger partial charge in [-0.2, -0.15) is 0 Å². The monoisotopic (exact) mass is 196 g/mol. The van der Waals surface area contributed by atoms with Crippen LogP contribution in [0, 0.1) is 5.41 Å². The topological polar surface area (TPSA) is 24.5 Å². The van der Waals surface area contributed by atoms with Crippen LogP contribution < -0.4 is 5.32 Å². The van der Waals surface area contributed by atoms with E-state index in [1.165, 1.54) is 51.9 Å². The first-order valence-electron chi connectivity index (χ1n) is 5.77. The fraction of sp³-hybridized carbons (Fsp3) is 1.00. The standard InChI is InChI=1S/C10H21BN2O/c1-14-11-13-7-3-5-10(9-13)4-2-6-12-8-10/h11-12H,2-9H2,1H3. The lowest BCUT2D eigenvalue weighted by Crippen LogP contribution is -2.52. The van der Waals surface area contributed by atoms with Crippen molar-refractivity contribution in [2.75, 3.05) is 33.3 Å². The van der Waals surface area contributed by atoms with Crippen molar-refractivity contribution in [1.82, 2.24) is 10.1 Å². The van der Waals surface area contributed by atoms with Gasteiger partial charge in [0.2, 0.25) is 0 Å². The van der Waals surface area contributed by atoms with Crippen LogP contribution in [-0.4, -0.2) is 45.7 Å². The molecule has 4 heteroatoms. The highest BCUT2D eigenvalue weighted by Gasteiger charge is 2.36. The summed E-state index contributed by atoms with van der Waals surface area (Å²) in [6.45, 7) is 4.88. The molecule has 1 spiro atoms. The summed E-state index contributed by atoms with van der Waals surface area (Å²) in [4.78, 5) is 2.45. The van der Waals surface area contributed by atoms with Crippen molar-refractivity contribution in [3.8, 4) is 0 Å². The van der Waals surface area contributed by atoms with Crippen LogP contribution in [0.1, 0.15) is 25.7 Å². The fourth-order valence-corrected chi connectivity index (χ4v) is 2.98. The van der Waals surface area contributed by atoms with E-state index in [-0.39, 0.29) is 0 Å². The maximum Gasteiger partial charge on any atom is 0.363 e. The van der Waals surface area contributed by atoms with Gasteiger partial charge in [-0.05, 0) is 50.7 Å². The maximum absolute atomic E-state index is 5.22. The summed E-state index contributed by atoms with van der Waals surface area (Å²) in [5.41, 5.74) is 0.565. The molecule has 0 aromatic rings. The molecule has 0 radical (unpaired) electrons. The Morgan fingerprint density at radius 3 is 2.93 bits per heavy atom. The van der Waals surface area contributed by atoms with E-state index in [9.17, 15) is 0 Å². The molecule has 14 heavy (non-hydrogen) atoms. The summed E-state index contributed by atoms with van der Waals surface area (Å²) in [6.07, 6.45) is 5.49. The molecule has 0 amide bonds. The van der Waals surface area contributed by atoms with E-state index in [1.807, 2.05) is 0 Å². The molecule has 1 N–H and O–H groups in total. The van der Waals surface area contributed by atoms with Crippen molar-refractivity contribution in [2.24, 2.45) is 5.41 Å². The van der Waals surface area contributed by atoms with E-state index >= 15 is 0 Å². The predicted octanol–water partition coefficient (Wildman–Crippen LogP) is 0.365. The summed E-state index contributed by atoms with van der Waals surface area (Å²) in [5.74, 6) is 0. The Labute approximate surface area is 87.5 Å². The van der Waals surface area contributed by atoms with Crippen molar-refractivity contribution in [2.45, 2.75) is 25.7 Å².